The molecule has 116 valence electrons. The summed E-state index contributed by atoms with van der Waals surface area (Å²) in [5.41, 5.74) is 0.904. The lowest BCUT2D eigenvalue weighted by Gasteiger charge is -2.15. The highest BCUT2D eigenvalue weighted by Crippen LogP contribution is 2.10. The zero-order chi connectivity index (χ0) is 15.7. The number of aromatic nitrogens is 1. The molecule has 0 radical (unpaired) electrons. The van der Waals surface area contributed by atoms with Crippen LogP contribution < -0.4 is 10.6 Å². The maximum absolute atomic E-state index is 11.6. The molecule has 0 fully saturated rings. The average molecular weight is 293 g/mol. The SMILES string of the molecule is CC(C)CC(CNC(=O)NCCc1ccccn1)C(=O)O. The third-order valence-corrected chi connectivity index (χ3v) is 3.01. The van der Waals surface area contributed by atoms with Crippen molar-refractivity contribution in [1.29, 1.82) is 0 Å². The number of nitrogens with zero attached hydrogens (tertiary/aromatic N) is 1. The van der Waals surface area contributed by atoms with Crippen LogP contribution in [-0.2, 0) is 11.2 Å². The lowest BCUT2D eigenvalue weighted by molar-refractivity contribution is -0.142. The summed E-state index contributed by atoms with van der Waals surface area (Å²) in [5, 5.41) is 14.4. The number of urea groups is 1. The van der Waals surface area contributed by atoms with E-state index in [2.05, 4.69) is 15.6 Å². The minimum absolute atomic E-state index is 0.142. The van der Waals surface area contributed by atoms with Crippen LogP contribution in [0.25, 0.3) is 0 Å². The molecule has 1 heterocycles. The van der Waals surface area contributed by atoms with E-state index in [1.165, 1.54) is 0 Å². The smallest absolute Gasteiger partial charge is 0.314 e. The molecule has 0 aliphatic carbocycles. The number of carboxylic acid groups (broad SMARTS) is 1. The van der Waals surface area contributed by atoms with Gasteiger partial charge in [-0.05, 0) is 24.5 Å². The summed E-state index contributed by atoms with van der Waals surface area (Å²) >= 11 is 0. The maximum Gasteiger partial charge on any atom is 0.314 e. The van der Waals surface area contributed by atoms with Crippen LogP contribution in [0.1, 0.15) is 26.0 Å². The van der Waals surface area contributed by atoms with Crippen molar-refractivity contribution in [3.05, 3.63) is 30.1 Å². The van der Waals surface area contributed by atoms with Crippen molar-refractivity contribution < 1.29 is 14.7 Å². The van der Waals surface area contributed by atoms with Gasteiger partial charge in [-0.25, -0.2) is 4.79 Å². The van der Waals surface area contributed by atoms with Crippen LogP contribution >= 0.6 is 0 Å². The number of hydrogen-bond acceptors (Lipinski definition) is 3. The van der Waals surface area contributed by atoms with E-state index in [1.807, 2.05) is 32.0 Å². The molecule has 0 saturated heterocycles. The van der Waals surface area contributed by atoms with E-state index in [9.17, 15) is 9.59 Å². The van der Waals surface area contributed by atoms with E-state index in [1.54, 1.807) is 6.20 Å². The average Bonchev–Trinajstić information content (AvgIpc) is 2.44. The molecule has 1 atom stereocenters. The largest absolute Gasteiger partial charge is 0.481 e. The molecule has 0 bridgehead atoms. The standard InChI is InChI=1S/C15H23N3O3/c1-11(2)9-12(14(19)20)10-18-15(21)17-8-6-13-5-3-4-7-16-13/h3-5,7,11-12H,6,8-10H2,1-2H3,(H,19,20)(H2,17,18,21). The highest BCUT2D eigenvalue weighted by molar-refractivity contribution is 5.75. The normalized spacial score (nSPS) is 12.0. The van der Waals surface area contributed by atoms with Gasteiger partial charge in [0.25, 0.3) is 0 Å². The van der Waals surface area contributed by atoms with Crippen LogP contribution in [0.2, 0.25) is 0 Å². The van der Waals surface area contributed by atoms with Crippen molar-refractivity contribution in [3.63, 3.8) is 0 Å². The summed E-state index contributed by atoms with van der Waals surface area (Å²) in [6.45, 7) is 4.53. The zero-order valence-electron chi connectivity index (χ0n) is 12.5. The summed E-state index contributed by atoms with van der Waals surface area (Å²) in [7, 11) is 0. The van der Waals surface area contributed by atoms with Gasteiger partial charge in [0.05, 0.1) is 5.92 Å². The van der Waals surface area contributed by atoms with Crippen LogP contribution in [0.15, 0.2) is 24.4 Å². The number of carbonyl (C=O) groups is 2. The van der Waals surface area contributed by atoms with Gasteiger partial charge in [-0.2, -0.15) is 0 Å². The fourth-order valence-corrected chi connectivity index (χ4v) is 1.97. The van der Waals surface area contributed by atoms with E-state index >= 15 is 0 Å². The van der Waals surface area contributed by atoms with Gasteiger partial charge >= 0.3 is 12.0 Å². The monoisotopic (exact) mass is 293 g/mol. The fourth-order valence-electron chi connectivity index (χ4n) is 1.97. The number of pyridine rings is 1. The highest BCUT2D eigenvalue weighted by Gasteiger charge is 2.19. The van der Waals surface area contributed by atoms with E-state index in [0.717, 1.165) is 5.69 Å². The molecule has 0 aliphatic rings. The number of aliphatic carboxylic acids is 1. The van der Waals surface area contributed by atoms with Crippen LogP contribution in [-0.4, -0.2) is 35.2 Å². The molecule has 1 aromatic heterocycles. The molecular weight excluding hydrogens is 270 g/mol. The lowest BCUT2D eigenvalue weighted by Crippen LogP contribution is -2.41. The molecule has 2 amide bonds. The Kier molecular flexibility index (Phi) is 7.21. The topological polar surface area (TPSA) is 91.3 Å². The van der Waals surface area contributed by atoms with Crippen molar-refractivity contribution in [2.45, 2.75) is 26.7 Å². The predicted octanol–water partition coefficient (Wildman–Crippen LogP) is 1.67. The molecule has 0 aliphatic heterocycles. The minimum atomic E-state index is -0.877. The number of nitrogens with one attached hydrogen (secondary N) is 2. The predicted molar refractivity (Wildman–Crippen MR) is 79.9 cm³/mol. The second-order valence-corrected chi connectivity index (χ2v) is 5.37. The Morgan fingerprint density at radius 1 is 1.29 bits per heavy atom. The Labute approximate surface area is 125 Å². The first-order valence-electron chi connectivity index (χ1n) is 7.13. The second kappa shape index (κ2) is 8.94. The molecule has 21 heavy (non-hydrogen) atoms. The van der Waals surface area contributed by atoms with Crippen LogP contribution in [0, 0.1) is 11.8 Å². The number of carboxylic acids is 1. The Balaban J connectivity index is 2.25. The van der Waals surface area contributed by atoms with Crippen molar-refractivity contribution >= 4 is 12.0 Å². The second-order valence-electron chi connectivity index (χ2n) is 5.37. The molecule has 0 aromatic carbocycles. The Morgan fingerprint density at radius 2 is 2.05 bits per heavy atom. The zero-order valence-corrected chi connectivity index (χ0v) is 12.5. The van der Waals surface area contributed by atoms with Gasteiger partial charge in [0.15, 0.2) is 0 Å². The summed E-state index contributed by atoms with van der Waals surface area (Å²) in [6.07, 6.45) is 2.89. The van der Waals surface area contributed by atoms with Gasteiger partial charge < -0.3 is 15.7 Å². The number of amides is 2. The van der Waals surface area contributed by atoms with E-state index in [-0.39, 0.29) is 18.5 Å². The van der Waals surface area contributed by atoms with Crippen LogP contribution in [0.3, 0.4) is 0 Å². The highest BCUT2D eigenvalue weighted by atomic mass is 16.4. The number of rotatable bonds is 8. The quantitative estimate of drug-likeness (QED) is 0.680. The Bertz CT molecular complexity index is 449. The summed E-state index contributed by atoms with van der Waals surface area (Å²) in [5.74, 6) is -1.15. The lowest BCUT2D eigenvalue weighted by atomic mass is 9.97. The summed E-state index contributed by atoms with van der Waals surface area (Å²) in [6, 6.07) is 5.28. The Morgan fingerprint density at radius 3 is 2.62 bits per heavy atom. The first-order valence-corrected chi connectivity index (χ1v) is 7.13. The molecule has 0 saturated carbocycles. The fraction of sp³-hybridized carbons (Fsp3) is 0.533. The Hall–Kier alpha value is -2.11. The van der Waals surface area contributed by atoms with Gasteiger partial charge in [0, 0.05) is 31.4 Å². The molecule has 3 N–H and O–H groups in total. The van der Waals surface area contributed by atoms with Crippen molar-refractivity contribution in [1.82, 2.24) is 15.6 Å². The number of hydrogen-bond donors (Lipinski definition) is 3. The van der Waals surface area contributed by atoms with Gasteiger partial charge in [0.2, 0.25) is 0 Å². The first-order chi connectivity index (χ1) is 9.99. The van der Waals surface area contributed by atoms with Crippen molar-refractivity contribution in [2.75, 3.05) is 13.1 Å². The molecular formula is C15H23N3O3. The molecule has 1 rings (SSSR count). The van der Waals surface area contributed by atoms with E-state index in [0.29, 0.717) is 19.4 Å². The molecule has 1 unspecified atom stereocenters. The summed E-state index contributed by atoms with van der Waals surface area (Å²) < 4.78 is 0. The molecule has 6 heteroatoms. The van der Waals surface area contributed by atoms with E-state index < -0.39 is 11.9 Å². The van der Waals surface area contributed by atoms with Crippen molar-refractivity contribution in [2.24, 2.45) is 11.8 Å². The summed E-state index contributed by atoms with van der Waals surface area (Å²) in [4.78, 5) is 26.8. The number of carbonyl (C=O) groups excluding carboxylic acids is 1. The van der Waals surface area contributed by atoms with Crippen LogP contribution in [0.4, 0.5) is 4.79 Å². The third-order valence-electron chi connectivity index (χ3n) is 3.01. The van der Waals surface area contributed by atoms with Gasteiger partial charge in [-0.1, -0.05) is 19.9 Å². The molecule has 6 nitrogen and oxygen atoms in total. The third kappa shape index (κ3) is 7.29. The van der Waals surface area contributed by atoms with E-state index in [4.69, 9.17) is 5.11 Å². The van der Waals surface area contributed by atoms with Gasteiger partial charge in [-0.3, -0.25) is 9.78 Å². The maximum atomic E-state index is 11.6. The van der Waals surface area contributed by atoms with Gasteiger partial charge in [-0.15, -0.1) is 0 Å². The van der Waals surface area contributed by atoms with Crippen LogP contribution in [0.5, 0.6) is 0 Å². The minimum Gasteiger partial charge on any atom is -0.481 e. The first kappa shape index (κ1) is 16.9. The van der Waals surface area contributed by atoms with Gasteiger partial charge in [0.1, 0.15) is 0 Å². The molecule has 1 aromatic rings. The van der Waals surface area contributed by atoms with Crippen molar-refractivity contribution in [3.8, 4) is 0 Å². The molecule has 0 spiro atoms.